The predicted octanol–water partition coefficient (Wildman–Crippen LogP) is 3.83. The van der Waals surface area contributed by atoms with E-state index in [-0.39, 0.29) is 5.91 Å². The van der Waals surface area contributed by atoms with Crippen molar-refractivity contribution in [1.82, 2.24) is 10.2 Å². The summed E-state index contributed by atoms with van der Waals surface area (Å²) in [4.78, 5) is 13.1. The van der Waals surface area contributed by atoms with Crippen LogP contribution >= 0.6 is 0 Å². The second-order valence-corrected chi connectivity index (χ2v) is 8.42. The SMILES string of the molecule is CC(C)C.CNc1cccc(C(=O)N(C)C)c1.Cc1ccc(CNC2=NS(=O)N=C2)o1. The summed E-state index contributed by atoms with van der Waals surface area (Å²) in [6.45, 7) is 8.91. The number of carbonyl (C=O) groups is 1. The highest BCUT2D eigenvalue weighted by Gasteiger charge is 2.07. The van der Waals surface area contributed by atoms with Gasteiger partial charge in [0.15, 0.2) is 5.84 Å². The van der Waals surface area contributed by atoms with Crippen LogP contribution in [0.5, 0.6) is 0 Å². The van der Waals surface area contributed by atoms with Crippen molar-refractivity contribution in [1.29, 1.82) is 0 Å². The summed E-state index contributed by atoms with van der Waals surface area (Å²) >= 11 is -1.44. The van der Waals surface area contributed by atoms with Crippen LogP contribution in [-0.4, -0.2) is 48.2 Å². The fourth-order valence-corrected chi connectivity index (χ4v) is 2.65. The molecule has 0 radical (unpaired) electrons. The molecule has 3 rings (SSSR count). The number of amidine groups is 1. The van der Waals surface area contributed by atoms with E-state index in [0.717, 1.165) is 23.1 Å². The molecule has 1 unspecified atom stereocenters. The molecule has 0 saturated heterocycles. The molecule has 8 nitrogen and oxygen atoms in total. The molecule has 170 valence electrons. The number of furan rings is 1. The summed E-state index contributed by atoms with van der Waals surface area (Å²) in [5.74, 6) is 3.07. The van der Waals surface area contributed by atoms with Crippen LogP contribution in [0.1, 0.15) is 42.6 Å². The summed E-state index contributed by atoms with van der Waals surface area (Å²) in [7, 11) is 5.32. The minimum Gasteiger partial charge on any atom is -0.465 e. The number of nitrogens with one attached hydrogen (secondary N) is 2. The lowest BCUT2D eigenvalue weighted by atomic mass is 10.2. The van der Waals surface area contributed by atoms with Gasteiger partial charge in [0.2, 0.25) is 0 Å². The van der Waals surface area contributed by atoms with Crippen LogP contribution in [0.3, 0.4) is 0 Å². The van der Waals surface area contributed by atoms with Gasteiger partial charge in [0, 0.05) is 32.4 Å². The van der Waals surface area contributed by atoms with E-state index in [1.165, 1.54) is 6.21 Å². The molecule has 31 heavy (non-hydrogen) atoms. The first kappa shape index (κ1) is 26.1. The number of rotatable bonds is 4. The van der Waals surface area contributed by atoms with E-state index >= 15 is 0 Å². The summed E-state index contributed by atoms with van der Waals surface area (Å²) in [6.07, 6.45) is 1.45. The van der Waals surface area contributed by atoms with E-state index in [4.69, 9.17) is 4.42 Å². The number of hydrogen-bond donors (Lipinski definition) is 2. The molecule has 0 spiro atoms. The van der Waals surface area contributed by atoms with Crippen LogP contribution in [0.15, 0.2) is 49.6 Å². The Hall–Kier alpha value is -2.94. The molecule has 2 N–H and O–H groups in total. The molecular formula is C22H33N5O3S. The Balaban J connectivity index is 0.000000266. The molecule has 1 aliphatic rings. The van der Waals surface area contributed by atoms with Gasteiger partial charge in [-0.1, -0.05) is 26.8 Å². The number of carbonyl (C=O) groups excluding carboxylic acids is 1. The largest absolute Gasteiger partial charge is 0.465 e. The van der Waals surface area contributed by atoms with Gasteiger partial charge in [-0.15, -0.1) is 4.40 Å². The predicted molar refractivity (Wildman–Crippen MR) is 129 cm³/mol. The first-order valence-corrected chi connectivity index (χ1v) is 11.0. The first-order chi connectivity index (χ1) is 14.6. The number of anilines is 1. The number of benzene rings is 1. The zero-order valence-corrected chi connectivity index (χ0v) is 20.1. The number of aryl methyl sites for hydroxylation is 1. The molecule has 0 fully saturated rings. The summed E-state index contributed by atoms with van der Waals surface area (Å²) in [5.41, 5.74) is 1.66. The summed E-state index contributed by atoms with van der Waals surface area (Å²) in [6, 6.07) is 11.2. The lowest BCUT2D eigenvalue weighted by Gasteiger charge is -2.10. The van der Waals surface area contributed by atoms with Gasteiger partial charge in [0.1, 0.15) is 11.5 Å². The molecular weight excluding hydrogens is 414 g/mol. The van der Waals surface area contributed by atoms with Crippen LogP contribution in [0, 0.1) is 12.8 Å². The quantitative estimate of drug-likeness (QED) is 0.742. The molecule has 1 atom stereocenters. The third-order valence-electron chi connectivity index (χ3n) is 3.49. The highest BCUT2D eigenvalue weighted by atomic mass is 32.2. The maximum absolute atomic E-state index is 11.5. The summed E-state index contributed by atoms with van der Waals surface area (Å²) < 4.78 is 23.4. The van der Waals surface area contributed by atoms with E-state index < -0.39 is 11.2 Å². The van der Waals surface area contributed by atoms with E-state index in [2.05, 4.69) is 40.2 Å². The fourth-order valence-electron chi connectivity index (χ4n) is 2.13. The maximum Gasteiger partial charge on any atom is 0.267 e. The van der Waals surface area contributed by atoms with Crippen molar-refractivity contribution in [2.45, 2.75) is 34.2 Å². The fraction of sp³-hybridized carbons (Fsp3) is 0.409. The minimum atomic E-state index is -1.44. The van der Waals surface area contributed by atoms with Gasteiger partial charge in [-0.25, -0.2) is 4.21 Å². The molecule has 9 heteroatoms. The van der Waals surface area contributed by atoms with Crippen LogP contribution in [0.25, 0.3) is 0 Å². The van der Waals surface area contributed by atoms with Crippen molar-refractivity contribution in [2.24, 2.45) is 14.7 Å². The molecule has 0 aliphatic carbocycles. The Morgan fingerprint density at radius 1 is 1.19 bits per heavy atom. The van der Waals surface area contributed by atoms with Crippen molar-refractivity contribution >= 4 is 34.8 Å². The van der Waals surface area contributed by atoms with Crippen molar-refractivity contribution < 1.29 is 13.4 Å². The normalized spacial score (nSPS) is 14.1. The minimum absolute atomic E-state index is 0.0251. The zero-order chi connectivity index (χ0) is 23.4. The van der Waals surface area contributed by atoms with Gasteiger partial charge in [0.05, 0.1) is 12.8 Å². The van der Waals surface area contributed by atoms with Gasteiger partial charge in [0.25, 0.3) is 17.1 Å². The van der Waals surface area contributed by atoms with Gasteiger partial charge in [-0.2, -0.15) is 4.40 Å². The van der Waals surface area contributed by atoms with Gasteiger partial charge >= 0.3 is 0 Å². The van der Waals surface area contributed by atoms with Gasteiger partial charge in [-0.05, 0) is 43.2 Å². The van der Waals surface area contributed by atoms with Crippen molar-refractivity contribution in [2.75, 3.05) is 26.5 Å². The highest BCUT2D eigenvalue weighted by Crippen LogP contribution is 2.10. The van der Waals surface area contributed by atoms with E-state index in [1.807, 2.05) is 50.4 Å². The van der Waals surface area contributed by atoms with E-state index in [0.29, 0.717) is 17.9 Å². The van der Waals surface area contributed by atoms with E-state index in [9.17, 15) is 9.00 Å². The average Bonchev–Trinajstić information content (AvgIpc) is 3.33. The average molecular weight is 448 g/mol. The Morgan fingerprint density at radius 2 is 1.87 bits per heavy atom. The van der Waals surface area contributed by atoms with Crippen LogP contribution in [-0.2, 0) is 17.7 Å². The van der Waals surface area contributed by atoms with Gasteiger partial charge in [-0.3, -0.25) is 4.79 Å². The second kappa shape index (κ2) is 13.4. The van der Waals surface area contributed by atoms with Crippen LogP contribution < -0.4 is 10.6 Å². The van der Waals surface area contributed by atoms with Crippen LogP contribution in [0.4, 0.5) is 5.69 Å². The molecule has 1 aromatic heterocycles. The highest BCUT2D eigenvalue weighted by molar-refractivity contribution is 7.83. The lowest BCUT2D eigenvalue weighted by molar-refractivity contribution is 0.0827. The Kier molecular flexibility index (Phi) is 11.3. The monoisotopic (exact) mass is 447 g/mol. The first-order valence-electron chi connectivity index (χ1n) is 9.95. The van der Waals surface area contributed by atoms with Crippen molar-refractivity contribution in [3.63, 3.8) is 0 Å². The third-order valence-corrected chi connectivity index (χ3v) is 4.12. The van der Waals surface area contributed by atoms with E-state index in [1.54, 1.807) is 19.0 Å². The molecule has 1 amide bonds. The topological polar surface area (TPSA) is 99.3 Å². The number of nitrogens with zero attached hydrogens (tertiary/aromatic N) is 3. The lowest BCUT2D eigenvalue weighted by Crippen LogP contribution is -2.22. The molecule has 2 aromatic rings. The molecule has 0 saturated carbocycles. The number of amides is 1. The molecule has 0 bridgehead atoms. The molecule has 1 aliphatic heterocycles. The standard InChI is InChI=1S/C10H14N2O.C8H9N3O2S.C4H10/c1-11-9-6-4-5-8(7-9)10(13)12(2)3;1-6-2-3-7(13-6)4-9-8-5-10-14(12)11-8;1-4(2)3/h4-7,11H,1-3H3;2-3,5H,4H2,1H3,(H,9,11);4H,1-3H3. The van der Waals surface area contributed by atoms with Crippen molar-refractivity contribution in [3.8, 4) is 0 Å². The summed E-state index contributed by atoms with van der Waals surface area (Å²) in [5, 5.41) is 5.95. The Labute approximate surface area is 187 Å². The maximum atomic E-state index is 11.5. The second-order valence-electron chi connectivity index (χ2n) is 7.57. The zero-order valence-electron chi connectivity index (χ0n) is 19.3. The molecule has 1 aromatic carbocycles. The molecule has 2 heterocycles. The Bertz CT molecular complexity index is 917. The van der Waals surface area contributed by atoms with Crippen LogP contribution in [0.2, 0.25) is 0 Å². The Morgan fingerprint density at radius 3 is 2.35 bits per heavy atom. The number of hydrogen-bond acceptors (Lipinski definition) is 5. The van der Waals surface area contributed by atoms with Crippen molar-refractivity contribution in [3.05, 3.63) is 53.5 Å². The third kappa shape index (κ3) is 10.6. The smallest absolute Gasteiger partial charge is 0.267 e. The van der Waals surface area contributed by atoms with Gasteiger partial charge < -0.3 is 20.0 Å².